The minimum Gasteiger partial charge on any atom is -0.429 e. The van der Waals surface area contributed by atoms with Crippen LogP contribution < -0.4 is 9.47 Å². The van der Waals surface area contributed by atoms with Gasteiger partial charge in [-0.15, -0.1) is 22.7 Å². The molecule has 7 nitrogen and oxygen atoms in total. The Labute approximate surface area is 246 Å². The molecule has 0 radical (unpaired) electrons. The molecule has 0 aromatic carbocycles. The molecule has 9 heteroatoms. The minimum atomic E-state index is 0.300. The summed E-state index contributed by atoms with van der Waals surface area (Å²) >= 11 is 3.63. The van der Waals surface area contributed by atoms with E-state index in [0.717, 1.165) is 16.9 Å². The van der Waals surface area contributed by atoms with E-state index in [4.69, 9.17) is 14.5 Å². The van der Waals surface area contributed by atoms with Crippen LogP contribution in [0, 0.1) is 6.92 Å². The summed E-state index contributed by atoms with van der Waals surface area (Å²) in [5.74, 6) is 0.627. The van der Waals surface area contributed by atoms with Gasteiger partial charge in [0.2, 0.25) is 0 Å². The van der Waals surface area contributed by atoms with Gasteiger partial charge in [0, 0.05) is 50.1 Å². The number of hydrogen-bond donors (Lipinski definition) is 0. The predicted octanol–water partition coefficient (Wildman–Crippen LogP) is 8.16. The van der Waals surface area contributed by atoms with Crippen LogP contribution in [0.3, 0.4) is 0 Å². The number of rotatable bonds is 13. The molecule has 0 saturated heterocycles. The number of unbranched alkanes of at least 4 members (excludes halogenated alkanes) is 3. The van der Waals surface area contributed by atoms with E-state index in [1.54, 1.807) is 41.8 Å². The van der Waals surface area contributed by atoms with Gasteiger partial charge in [-0.2, -0.15) is 0 Å². The molecule has 0 N–H and O–H groups in total. The lowest BCUT2D eigenvalue weighted by molar-refractivity contribution is -0.121. The Bertz CT molecular complexity index is 1660. The number of aromatic nitrogens is 3. The van der Waals surface area contributed by atoms with Crippen LogP contribution in [0.15, 0.2) is 67.0 Å². The average Bonchev–Trinajstić information content (AvgIpc) is 3.62. The molecule has 0 fully saturated rings. The Kier molecular flexibility index (Phi) is 9.28. The molecule has 0 bridgehead atoms. The van der Waals surface area contributed by atoms with Gasteiger partial charge in [-0.05, 0) is 67.3 Å². The molecule has 0 aliphatic rings. The average molecular weight is 584 g/mol. The van der Waals surface area contributed by atoms with Gasteiger partial charge < -0.3 is 9.47 Å². The van der Waals surface area contributed by atoms with Crippen LogP contribution in [0.4, 0.5) is 0 Å². The maximum Gasteiger partial charge on any atom is 0.298 e. The highest BCUT2D eigenvalue weighted by Crippen LogP contribution is 2.41. The highest BCUT2D eigenvalue weighted by Gasteiger charge is 2.15. The second kappa shape index (κ2) is 13.4. The van der Waals surface area contributed by atoms with Crippen molar-refractivity contribution in [2.45, 2.75) is 46.0 Å². The highest BCUT2D eigenvalue weighted by molar-refractivity contribution is 7.24. The van der Waals surface area contributed by atoms with Crippen LogP contribution in [0.5, 0.6) is 11.5 Å². The van der Waals surface area contributed by atoms with Crippen LogP contribution in [-0.4, -0.2) is 27.9 Å². The number of carbonyl (C=O) groups excluding carboxylic acids is 2. The molecule has 0 aliphatic heterocycles. The molecule has 0 aliphatic carbocycles. The first-order chi connectivity index (χ1) is 20.1. The Hall–Kier alpha value is -4.21. The van der Waals surface area contributed by atoms with Crippen LogP contribution in [0.2, 0.25) is 0 Å². The van der Waals surface area contributed by atoms with Crippen molar-refractivity contribution < 1.29 is 19.1 Å². The monoisotopic (exact) mass is 583 g/mol. The van der Waals surface area contributed by atoms with Crippen LogP contribution in [0.1, 0.15) is 43.0 Å². The summed E-state index contributed by atoms with van der Waals surface area (Å²) in [4.78, 5) is 40.7. The van der Waals surface area contributed by atoms with E-state index in [0.29, 0.717) is 47.2 Å². The SMILES string of the molecule is CCCCCCc1cc(C)sc1-c1ccc(-c2ccnc(-c3cc(OC=O)cc(-c4cc(OC=O)ccn4)n3)c2)s1. The van der Waals surface area contributed by atoms with Crippen LogP contribution in [-0.2, 0) is 16.0 Å². The zero-order valence-corrected chi connectivity index (χ0v) is 24.5. The largest absolute Gasteiger partial charge is 0.429 e. The highest BCUT2D eigenvalue weighted by atomic mass is 32.1. The Morgan fingerprint density at radius 1 is 0.732 bits per heavy atom. The van der Waals surface area contributed by atoms with Crippen molar-refractivity contribution in [1.29, 1.82) is 0 Å². The fourth-order valence-electron chi connectivity index (χ4n) is 4.61. The smallest absolute Gasteiger partial charge is 0.298 e. The van der Waals surface area contributed by atoms with Gasteiger partial charge in [0.15, 0.2) is 0 Å². The molecular formula is C32H29N3O4S2. The number of ether oxygens (including phenoxy) is 2. The lowest BCUT2D eigenvalue weighted by Gasteiger charge is -2.09. The van der Waals surface area contributed by atoms with Crippen molar-refractivity contribution in [3.63, 3.8) is 0 Å². The molecule has 5 rings (SSSR count). The summed E-state index contributed by atoms with van der Waals surface area (Å²) in [5, 5.41) is 0. The molecule has 0 atom stereocenters. The number of aryl methyl sites for hydroxylation is 2. The molecule has 5 heterocycles. The zero-order chi connectivity index (χ0) is 28.6. The van der Waals surface area contributed by atoms with E-state index in [1.165, 1.54) is 52.1 Å². The summed E-state index contributed by atoms with van der Waals surface area (Å²) in [6, 6.07) is 17.1. The lowest BCUT2D eigenvalue weighted by atomic mass is 10.1. The van der Waals surface area contributed by atoms with Crippen LogP contribution >= 0.6 is 22.7 Å². The molecule has 41 heavy (non-hydrogen) atoms. The third kappa shape index (κ3) is 6.93. The van der Waals surface area contributed by atoms with Crippen LogP contribution in [0.25, 0.3) is 43.0 Å². The molecule has 0 spiro atoms. The van der Waals surface area contributed by atoms with E-state index >= 15 is 0 Å². The molecular weight excluding hydrogens is 555 g/mol. The number of hydrogen-bond acceptors (Lipinski definition) is 9. The second-order valence-electron chi connectivity index (χ2n) is 9.49. The molecule has 0 unspecified atom stereocenters. The topological polar surface area (TPSA) is 91.3 Å². The first-order valence-corrected chi connectivity index (χ1v) is 15.1. The van der Waals surface area contributed by atoms with Crippen molar-refractivity contribution in [3.8, 4) is 54.5 Å². The Morgan fingerprint density at radius 2 is 1.41 bits per heavy atom. The standard InChI is InChI=1S/C32H29N3O4S2/c1-3-4-5-6-7-23-14-21(2)40-32(23)31-9-8-30(41-31)22-10-12-33-26(15-22)28-17-25(39-20-37)18-29(35-28)27-16-24(38-19-36)11-13-34-27/h8-20H,3-7H2,1-2H3. The predicted molar refractivity (Wildman–Crippen MR) is 163 cm³/mol. The molecule has 0 saturated carbocycles. The zero-order valence-electron chi connectivity index (χ0n) is 22.8. The summed E-state index contributed by atoms with van der Waals surface area (Å²) in [6.07, 6.45) is 9.38. The fourth-order valence-corrected chi connectivity index (χ4v) is 6.83. The summed E-state index contributed by atoms with van der Waals surface area (Å²) < 4.78 is 10.1. The van der Waals surface area contributed by atoms with E-state index in [1.807, 2.05) is 23.5 Å². The van der Waals surface area contributed by atoms with Gasteiger partial charge in [-0.1, -0.05) is 26.2 Å². The van der Waals surface area contributed by atoms with Crippen molar-refractivity contribution >= 4 is 35.6 Å². The van der Waals surface area contributed by atoms with Crippen molar-refractivity contribution in [2.24, 2.45) is 0 Å². The van der Waals surface area contributed by atoms with Gasteiger partial charge in [0.05, 0.1) is 22.8 Å². The molecule has 0 amide bonds. The Balaban J connectivity index is 1.45. The second-order valence-corrected chi connectivity index (χ2v) is 11.8. The molecule has 5 aromatic rings. The van der Waals surface area contributed by atoms with Gasteiger partial charge in [0.25, 0.3) is 12.9 Å². The summed E-state index contributed by atoms with van der Waals surface area (Å²) in [5.41, 5.74) is 4.50. The molecule has 208 valence electrons. The van der Waals surface area contributed by atoms with Crippen molar-refractivity contribution in [3.05, 3.63) is 77.4 Å². The normalized spacial score (nSPS) is 10.9. The van der Waals surface area contributed by atoms with Gasteiger partial charge in [-0.3, -0.25) is 19.6 Å². The van der Waals surface area contributed by atoms with Gasteiger partial charge >= 0.3 is 0 Å². The lowest BCUT2D eigenvalue weighted by Crippen LogP contribution is -1.97. The van der Waals surface area contributed by atoms with Gasteiger partial charge in [-0.25, -0.2) is 4.98 Å². The third-order valence-electron chi connectivity index (χ3n) is 6.53. The molecule has 5 aromatic heterocycles. The van der Waals surface area contributed by atoms with E-state index in [9.17, 15) is 9.59 Å². The quantitative estimate of drug-likeness (QED) is 0.102. The number of nitrogens with zero attached hydrogens (tertiary/aromatic N) is 3. The maximum absolute atomic E-state index is 11.1. The summed E-state index contributed by atoms with van der Waals surface area (Å²) in [6.45, 7) is 5.13. The fraction of sp³-hybridized carbons (Fsp3) is 0.219. The number of carbonyl (C=O) groups is 2. The van der Waals surface area contributed by atoms with E-state index in [-0.39, 0.29) is 0 Å². The van der Waals surface area contributed by atoms with E-state index in [2.05, 4.69) is 42.0 Å². The minimum absolute atomic E-state index is 0.300. The van der Waals surface area contributed by atoms with Crippen molar-refractivity contribution in [1.82, 2.24) is 15.0 Å². The number of pyridine rings is 3. The number of thiophene rings is 2. The maximum atomic E-state index is 11.1. The van der Waals surface area contributed by atoms with E-state index < -0.39 is 0 Å². The first-order valence-electron chi connectivity index (χ1n) is 13.4. The third-order valence-corrected chi connectivity index (χ3v) is 8.94. The Morgan fingerprint density at radius 3 is 2.17 bits per heavy atom. The summed E-state index contributed by atoms with van der Waals surface area (Å²) in [7, 11) is 0. The van der Waals surface area contributed by atoms with Crippen molar-refractivity contribution in [2.75, 3.05) is 0 Å². The first kappa shape index (κ1) is 28.3. The van der Waals surface area contributed by atoms with Gasteiger partial charge in [0.1, 0.15) is 11.5 Å².